The van der Waals surface area contributed by atoms with Crippen molar-refractivity contribution >= 4 is 23.3 Å². The van der Waals surface area contributed by atoms with Crippen LogP contribution in [0.4, 0.5) is 11.5 Å². The number of hydrogen-bond acceptors (Lipinski definition) is 6. The van der Waals surface area contributed by atoms with Gasteiger partial charge in [0.1, 0.15) is 11.9 Å². The zero-order chi connectivity index (χ0) is 20.4. The summed E-state index contributed by atoms with van der Waals surface area (Å²) in [5.74, 6) is 0.315. The number of anilines is 2. The Hall–Kier alpha value is -3.47. The fourth-order valence-electron chi connectivity index (χ4n) is 3.61. The van der Waals surface area contributed by atoms with E-state index in [-0.39, 0.29) is 35.5 Å². The molecule has 0 fully saturated rings. The van der Waals surface area contributed by atoms with E-state index < -0.39 is 0 Å². The predicted octanol–water partition coefficient (Wildman–Crippen LogP) is 2.25. The number of amides is 2. The van der Waals surface area contributed by atoms with Crippen molar-refractivity contribution in [1.29, 1.82) is 5.26 Å². The van der Waals surface area contributed by atoms with Crippen molar-refractivity contribution in [2.24, 2.45) is 5.92 Å². The number of nitrogens with one attached hydrogen (secondary N) is 2. The average Bonchev–Trinajstić information content (AvgIpc) is 2.70. The maximum Gasteiger partial charge on any atom is 0.251 e. The van der Waals surface area contributed by atoms with E-state index in [9.17, 15) is 9.59 Å². The molecule has 3 unspecified atom stereocenters. The smallest absolute Gasteiger partial charge is 0.251 e. The summed E-state index contributed by atoms with van der Waals surface area (Å²) >= 11 is 0. The lowest BCUT2D eigenvalue weighted by Crippen LogP contribution is -2.48. The predicted molar refractivity (Wildman–Crippen MR) is 105 cm³/mol. The van der Waals surface area contributed by atoms with E-state index in [1.54, 1.807) is 31.0 Å². The quantitative estimate of drug-likeness (QED) is 0.847. The second-order valence-electron chi connectivity index (χ2n) is 6.86. The summed E-state index contributed by atoms with van der Waals surface area (Å²) in [5, 5.41) is 14.9. The fraction of sp³-hybridized carbons (Fsp3) is 0.350. The van der Waals surface area contributed by atoms with E-state index in [0.717, 1.165) is 11.3 Å². The van der Waals surface area contributed by atoms with Crippen molar-refractivity contribution in [3.8, 4) is 6.07 Å². The van der Waals surface area contributed by atoms with Gasteiger partial charge in [-0.2, -0.15) is 5.26 Å². The second kappa shape index (κ2) is 7.64. The lowest BCUT2D eigenvalue weighted by molar-refractivity contribution is -0.117. The van der Waals surface area contributed by atoms with Crippen LogP contribution in [0.1, 0.15) is 48.4 Å². The zero-order valence-corrected chi connectivity index (χ0v) is 16.2. The van der Waals surface area contributed by atoms with Gasteiger partial charge in [0.2, 0.25) is 5.91 Å². The molecule has 8 nitrogen and oxygen atoms in total. The molecule has 1 aliphatic heterocycles. The summed E-state index contributed by atoms with van der Waals surface area (Å²) in [4.78, 5) is 34.5. The zero-order valence-electron chi connectivity index (χ0n) is 16.2. The Kier molecular flexibility index (Phi) is 5.27. The number of aromatic nitrogens is 2. The Bertz CT molecular complexity index is 950. The van der Waals surface area contributed by atoms with Crippen molar-refractivity contribution in [2.75, 3.05) is 17.3 Å². The average molecular weight is 378 g/mol. The van der Waals surface area contributed by atoms with Gasteiger partial charge in [-0.3, -0.25) is 9.59 Å². The summed E-state index contributed by atoms with van der Waals surface area (Å²) in [6.45, 7) is 5.59. The molecular weight excluding hydrogens is 356 g/mol. The van der Waals surface area contributed by atoms with Gasteiger partial charge in [-0.15, -0.1) is 0 Å². The van der Waals surface area contributed by atoms with Crippen molar-refractivity contribution in [2.45, 2.75) is 32.9 Å². The molecule has 144 valence electrons. The topological polar surface area (TPSA) is 111 Å². The van der Waals surface area contributed by atoms with Crippen LogP contribution in [0, 0.1) is 17.2 Å². The normalized spacial score (nSPS) is 20.7. The Balaban J connectivity index is 2.08. The lowest BCUT2D eigenvalue weighted by atomic mass is 9.82. The van der Waals surface area contributed by atoms with Crippen LogP contribution in [-0.4, -0.2) is 34.9 Å². The molecule has 1 aromatic carbocycles. The molecule has 0 aliphatic carbocycles. The first-order chi connectivity index (χ1) is 13.4. The van der Waals surface area contributed by atoms with E-state index in [1.165, 1.54) is 12.4 Å². The number of rotatable bonds is 3. The van der Waals surface area contributed by atoms with Crippen LogP contribution >= 0.6 is 0 Å². The van der Waals surface area contributed by atoms with Gasteiger partial charge in [0, 0.05) is 37.2 Å². The lowest BCUT2D eigenvalue weighted by Gasteiger charge is -2.44. The molecule has 8 heteroatoms. The molecule has 2 amide bonds. The van der Waals surface area contributed by atoms with Crippen LogP contribution in [-0.2, 0) is 4.79 Å². The van der Waals surface area contributed by atoms with Gasteiger partial charge in [0.15, 0.2) is 5.69 Å². The molecule has 0 saturated carbocycles. The monoisotopic (exact) mass is 378 g/mol. The molecule has 1 aliphatic rings. The Morgan fingerprint density at radius 1 is 1.21 bits per heavy atom. The molecule has 3 atom stereocenters. The minimum absolute atomic E-state index is 0.0359. The third-order valence-corrected chi connectivity index (χ3v) is 5.21. The van der Waals surface area contributed by atoms with Crippen LogP contribution < -0.4 is 15.5 Å². The first kappa shape index (κ1) is 19.3. The number of nitriles is 1. The third kappa shape index (κ3) is 3.39. The van der Waals surface area contributed by atoms with Crippen LogP contribution in [0.15, 0.2) is 30.6 Å². The van der Waals surface area contributed by atoms with Gasteiger partial charge in [0.05, 0.1) is 18.4 Å². The molecule has 0 bridgehead atoms. The third-order valence-electron chi connectivity index (χ3n) is 5.21. The number of carbonyl (C=O) groups excluding carboxylic acids is 2. The van der Waals surface area contributed by atoms with Gasteiger partial charge < -0.3 is 15.5 Å². The minimum atomic E-state index is -0.194. The van der Waals surface area contributed by atoms with Crippen molar-refractivity contribution in [1.82, 2.24) is 15.3 Å². The summed E-state index contributed by atoms with van der Waals surface area (Å²) in [6, 6.07) is 7.03. The summed E-state index contributed by atoms with van der Waals surface area (Å²) in [7, 11) is 1.58. The molecule has 28 heavy (non-hydrogen) atoms. The SMILES string of the molecule is CNC(=O)c1ccc2c(c1)C(Nc1cnc(C#N)cn1)C(C)C(C)N2C(C)=O. The van der Waals surface area contributed by atoms with E-state index in [2.05, 4.69) is 20.6 Å². The first-order valence-corrected chi connectivity index (χ1v) is 9.01. The fourth-order valence-corrected chi connectivity index (χ4v) is 3.61. The molecular formula is C20H22N6O2. The Morgan fingerprint density at radius 3 is 2.54 bits per heavy atom. The van der Waals surface area contributed by atoms with Gasteiger partial charge in [-0.05, 0) is 30.7 Å². The molecule has 3 rings (SSSR count). The maximum atomic E-state index is 12.3. The van der Waals surface area contributed by atoms with Crippen LogP contribution in [0.2, 0.25) is 0 Å². The van der Waals surface area contributed by atoms with E-state index in [1.807, 2.05) is 26.0 Å². The van der Waals surface area contributed by atoms with E-state index in [0.29, 0.717) is 11.4 Å². The molecule has 2 N–H and O–H groups in total. The summed E-state index contributed by atoms with van der Waals surface area (Å²) < 4.78 is 0. The second-order valence-corrected chi connectivity index (χ2v) is 6.86. The van der Waals surface area contributed by atoms with E-state index in [4.69, 9.17) is 5.26 Å². The highest BCUT2D eigenvalue weighted by Gasteiger charge is 2.38. The van der Waals surface area contributed by atoms with E-state index >= 15 is 0 Å². The highest BCUT2D eigenvalue weighted by atomic mass is 16.2. The highest BCUT2D eigenvalue weighted by molar-refractivity contribution is 5.97. The molecule has 0 saturated heterocycles. The number of carbonyl (C=O) groups is 2. The minimum Gasteiger partial charge on any atom is -0.362 e. The van der Waals surface area contributed by atoms with Crippen LogP contribution in [0.3, 0.4) is 0 Å². The molecule has 2 heterocycles. The number of hydrogen-bond donors (Lipinski definition) is 2. The van der Waals surface area contributed by atoms with Gasteiger partial charge in [0.25, 0.3) is 5.91 Å². The van der Waals surface area contributed by atoms with Gasteiger partial charge >= 0.3 is 0 Å². The number of benzene rings is 1. The molecule has 2 aromatic rings. The van der Waals surface area contributed by atoms with Crippen LogP contribution in [0.25, 0.3) is 0 Å². The number of nitrogens with zero attached hydrogens (tertiary/aromatic N) is 4. The Labute approximate surface area is 163 Å². The molecule has 1 aromatic heterocycles. The summed E-state index contributed by atoms with van der Waals surface area (Å²) in [5.41, 5.74) is 2.36. The van der Waals surface area contributed by atoms with Crippen molar-refractivity contribution in [3.63, 3.8) is 0 Å². The molecule has 0 spiro atoms. The Morgan fingerprint density at radius 2 is 1.96 bits per heavy atom. The largest absolute Gasteiger partial charge is 0.362 e. The first-order valence-electron chi connectivity index (χ1n) is 9.01. The number of fused-ring (bicyclic) bond motifs is 1. The maximum absolute atomic E-state index is 12.3. The van der Waals surface area contributed by atoms with Crippen LogP contribution in [0.5, 0.6) is 0 Å². The summed E-state index contributed by atoms with van der Waals surface area (Å²) in [6.07, 6.45) is 2.92. The standard InChI is InChI=1S/C20H22N6O2/c1-11-12(2)26(13(3)27)17-6-5-14(20(28)22-4)7-16(17)19(11)25-18-10-23-15(8-21)9-24-18/h5-7,9-12,19H,1-4H3,(H,22,28)(H,24,25). The van der Waals surface area contributed by atoms with Crippen molar-refractivity contribution < 1.29 is 9.59 Å². The highest BCUT2D eigenvalue weighted by Crippen LogP contribution is 2.42. The van der Waals surface area contributed by atoms with Gasteiger partial charge in [-0.1, -0.05) is 6.92 Å². The van der Waals surface area contributed by atoms with Crippen molar-refractivity contribution in [3.05, 3.63) is 47.4 Å². The van der Waals surface area contributed by atoms with Gasteiger partial charge in [-0.25, -0.2) is 9.97 Å². The molecule has 0 radical (unpaired) electrons.